The highest BCUT2D eigenvalue weighted by molar-refractivity contribution is 4.90. The summed E-state index contributed by atoms with van der Waals surface area (Å²) in [4.78, 5) is 0. The summed E-state index contributed by atoms with van der Waals surface area (Å²) in [5, 5.41) is 0. The van der Waals surface area contributed by atoms with Gasteiger partial charge in [-0.2, -0.15) is 0 Å². The zero-order valence-corrected chi connectivity index (χ0v) is 5.72. The molecule has 0 spiro atoms. The summed E-state index contributed by atoms with van der Waals surface area (Å²) in [6, 6.07) is 0.444. The minimum atomic E-state index is 0.444. The third-order valence-corrected chi connectivity index (χ3v) is 2.18. The molecule has 1 rings (SSSR count). The average Bonchev–Trinajstić information content (AvgIpc) is 2.42. The van der Waals surface area contributed by atoms with Crippen molar-refractivity contribution in [2.24, 2.45) is 17.6 Å². The molecule has 0 amide bonds. The van der Waals surface area contributed by atoms with Gasteiger partial charge in [-0.15, -0.1) is 0 Å². The first-order chi connectivity index (χ1) is 3.75. The molecule has 0 radical (unpaired) electrons. The van der Waals surface area contributed by atoms with E-state index in [9.17, 15) is 0 Å². The van der Waals surface area contributed by atoms with E-state index in [4.69, 9.17) is 5.73 Å². The molecule has 0 aromatic rings. The molecule has 0 saturated heterocycles. The van der Waals surface area contributed by atoms with Crippen molar-refractivity contribution >= 4 is 0 Å². The predicted molar refractivity (Wildman–Crippen MR) is 35.5 cm³/mol. The van der Waals surface area contributed by atoms with Crippen LogP contribution in [0.5, 0.6) is 0 Å². The van der Waals surface area contributed by atoms with Crippen molar-refractivity contribution in [3.8, 4) is 0 Å². The molecule has 1 fully saturated rings. The van der Waals surface area contributed by atoms with Gasteiger partial charge in [-0.05, 0) is 25.2 Å². The Labute approximate surface area is 51.3 Å². The summed E-state index contributed by atoms with van der Waals surface area (Å²) in [7, 11) is 0. The maximum absolute atomic E-state index is 5.66. The van der Waals surface area contributed by atoms with Gasteiger partial charge < -0.3 is 5.73 Å². The van der Waals surface area contributed by atoms with Crippen LogP contribution in [0, 0.1) is 11.8 Å². The zero-order chi connectivity index (χ0) is 6.15. The first-order valence-electron chi connectivity index (χ1n) is 3.51. The molecule has 1 saturated carbocycles. The van der Waals surface area contributed by atoms with E-state index in [-0.39, 0.29) is 0 Å². The van der Waals surface area contributed by atoms with Gasteiger partial charge in [0.25, 0.3) is 0 Å². The van der Waals surface area contributed by atoms with Crippen LogP contribution in [0.25, 0.3) is 0 Å². The minimum absolute atomic E-state index is 0.444. The lowest BCUT2D eigenvalue weighted by Gasteiger charge is -1.99. The Morgan fingerprint density at radius 2 is 2.38 bits per heavy atom. The lowest BCUT2D eigenvalue weighted by molar-refractivity contribution is 0.580. The molecule has 0 bridgehead atoms. The van der Waals surface area contributed by atoms with Crippen LogP contribution in [0.4, 0.5) is 0 Å². The van der Waals surface area contributed by atoms with Gasteiger partial charge in [0.2, 0.25) is 0 Å². The highest BCUT2D eigenvalue weighted by atomic mass is 14.7. The predicted octanol–water partition coefficient (Wildman–Crippen LogP) is 1.38. The molecule has 2 N–H and O–H groups in total. The molecule has 0 heterocycles. The number of nitrogens with two attached hydrogens (primary N) is 1. The van der Waals surface area contributed by atoms with E-state index in [1.54, 1.807) is 0 Å². The highest BCUT2D eigenvalue weighted by Gasteiger charge is 2.37. The van der Waals surface area contributed by atoms with Crippen LogP contribution in [0.1, 0.15) is 26.7 Å². The second-order valence-corrected chi connectivity index (χ2v) is 2.93. The first kappa shape index (κ1) is 6.09. The van der Waals surface area contributed by atoms with E-state index in [1.807, 2.05) is 0 Å². The van der Waals surface area contributed by atoms with Crippen LogP contribution in [0.3, 0.4) is 0 Å². The van der Waals surface area contributed by atoms with Crippen LogP contribution < -0.4 is 5.73 Å². The van der Waals surface area contributed by atoms with Crippen molar-refractivity contribution < 1.29 is 0 Å². The third kappa shape index (κ3) is 1.03. The quantitative estimate of drug-likeness (QED) is 0.575. The van der Waals surface area contributed by atoms with Gasteiger partial charge in [0.05, 0.1) is 0 Å². The Morgan fingerprint density at radius 3 is 2.50 bits per heavy atom. The average molecular weight is 113 g/mol. The molecular weight excluding hydrogens is 98.1 g/mol. The van der Waals surface area contributed by atoms with Gasteiger partial charge in [-0.25, -0.2) is 0 Å². The molecule has 0 aromatic carbocycles. The van der Waals surface area contributed by atoms with Gasteiger partial charge in [-0.1, -0.05) is 13.3 Å². The van der Waals surface area contributed by atoms with Crippen molar-refractivity contribution in [1.82, 2.24) is 0 Å². The molecule has 3 atom stereocenters. The van der Waals surface area contributed by atoms with Crippen LogP contribution >= 0.6 is 0 Å². The van der Waals surface area contributed by atoms with E-state index in [2.05, 4.69) is 13.8 Å². The van der Waals surface area contributed by atoms with Crippen molar-refractivity contribution in [2.75, 3.05) is 0 Å². The van der Waals surface area contributed by atoms with Gasteiger partial charge in [0.15, 0.2) is 0 Å². The number of hydrogen-bond acceptors (Lipinski definition) is 1. The Morgan fingerprint density at radius 1 is 1.75 bits per heavy atom. The highest BCUT2D eigenvalue weighted by Crippen LogP contribution is 2.42. The van der Waals surface area contributed by atoms with Crippen molar-refractivity contribution in [2.45, 2.75) is 32.7 Å². The lowest BCUT2D eigenvalue weighted by atomic mass is 10.2. The molecular formula is C7H15N. The second kappa shape index (κ2) is 2.06. The topological polar surface area (TPSA) is 26.0 Å². The molecule has 1 heteroatoms. The number of hydrogen-bond donors (Lipinski definition) is 1. The molecule has 48 valence electrons. The molecule has 1 aliphatic carbocycles. The Balaban J connectivity index is 2.16. The smallest absolute Gasteiger partial charge is 0.00415 e. The summed E-state index contributed by atoms with van der Waals surface area (Å²) in [5.74, 6) is 1.83. The van der Waals surface area contributed by atoms with Gasteiger partial charge in [0.1, 0.15) is 0 Å². The molecule has 0 aromatic heterocycles. The van der Waals surface area contributed by atoms with Crippen LogP contribution in [0.2, 0.25) is 0 Å². The molecule has 0 aliphatic heterocycles. The van der Waals surface area contributed by atoms with E-state index in [0.29, 0.717) is 6.04 Å². The largest absolute Gasteiger partial charge is 0.328 e. The number of rotatable bonds is 2. The summed E-state index contributed by atoms with van der Waals surface area (Å²) in [6.45, 7) is 4.35. The fourth-order valence-corrected chi connectivity index (χ4v) is 1.38. The van der Waals surface area contributed by atoms with Crippen molar-refractivity contribution in [1.29, 1.82) is 0 Å². The van der Waals surface area contributed by atoms with E-state index >= 15 is 0 Å². The Bertz CT molecular complexity index is 78.5. The molecule has 8 heavy (non-hydrogen) atoms. The zero-order valence-electron chi connectivity index (χ0n) is 5.72. The van der Waals surface area contributed by atoms with Crippen LogP contribution in [0.15, 0.2) is 0 Å². The second-order valence-electron chi connectivity index (χ2n) is 2.93. The monoisotopic (exact) mass is 113 g/mol. The Kier molecular flexibility index (Phi) is 1.57. The third-order valence-electron chi connectivity index (χ3n) is 2.18. The van der Waals surface area contributed by atoms with Gasteiger partial charge in [0, 0.05) is 6.04 Å². The van der Waals surface area contributed by atoms with Crippen LogP contribution in [-0.2, 0) is 0 Å². The van der Waals surface area contributed by atoms with Crippen molar-refractivity contribution in [3.05, 3.63) is 0 Å². The molecule has 1 nitrogen and oxygen atoms in total. The van der Waals surface area contributed by atoms with E-state index in [0.717, 1.165) is 11.8 Å². The summed E-state index contributed by atoms with van der Waals surface area (Å²) in [6.07, 6.45) is 2.71. The molecule has 1 aliphatic rings. The SMILES string of the molecule is CCC1C[C@H]1C(C)N. The van der Waals surface area contributed by atoms with Gasteiger partial charge in [-0.3, -0.25) is 0 Å². The van der Waals surface area contributed by atoms with Crippen molar-refractivity contribution in [3.63, 3.8) is 0 Å². The first-order valence-corrected chi connectivity index (χ1v) is 3.51. The molecule has 2 unspecified atom stereocenters. The fraction of sp³-hybridized carbons (Fsp3) is 1.00. The summed E-state index contributed by atoms with van der Waals surface area (Å²) >= 11 is 0. The lowest BCUT2D eigenvalue weighted by Crippen LogP contribution is -2.18. The summed E-state index contributed by atoms with van der Waals surface area (Å²) in [5.41, 5.74) is 5.66. The van der Waals surface area contributed by atoms with E-state index in [1.165, 1.54) is 12.8 Å². The van der Waals surface area contributed by atoms with Gasteiger partial charge >= 0.3 is 0 Å². The maximum Gasteiger partial charge on any atom is 0.00415 e. The minimum Gasteiger partial charge on any atom is -0.328 e. The van der Waals surface area contributed by atoms with E-state index < -0.39 is 0 Å². The Hall–Kier alpha value is -0.0400. The summed E-state index contributed by atoms with van der Waals surface area (Å²) < 4.78 is 0. The standard InChI is InChI=1S/C7H15N/c1-3-6-4-7(6)5(2)8/h5-7H,3-4,8H2,1-2H3/t5?,6?,7-/m0/s1. The van der Waals surface area contributed by atoms with Crippen LogP contribution in [-0.4, -0.2) is 6.04 Å². The normalized spacial score (nSPS) is 39.4. The maximum atomic E-state index is 5.66. The fourth-order valence-electron chi connectivity index (χ4n) is 1.38.